The van der Waals surface area contributed by atoms with Crippen molar-refractivity contribution in [2.75, 3.05) is 43.4 Å². The van der Waals surface area contributed by atoms with Gasteiger partial charge in [0.1, 0.15) is 11.6 Å². The van der Waals surface area contributed by atoms with Gasteiger partial charge in [-0.3, -0.25) is 4.90 Å². The zero-order valence-electron chi connectivity index (χ0n) is 22.8. The Morgan fingerprint density at radius 2 is 1.72 bits per heavy atom. The molecule has 2 aromatic rings. The number of carbonyl (C=O) groups is 2. The lowest BCUT2D eigenvalue weighted by Gasteiger charge is -2.36. The van der Waals surface area contributed by atoms with Crippen LogP contribution in [0.2, 0.25) is 0 Å². The Balaban J connectivity index is 0.000000459. The third-order valence-corrected chi connectivity index (χ3v) is 7.41. The number of rotatable bonds is 9. The Morgan fingerprint density at radius 3 is 2.26 bits per heavy atom. The van der Waals surface area contributed by atoms with Crippen LogP contribution >= 0.6 is 11.8 Å². The summed E-state index contributed by atoms with van der Waals surface area (Å²) in [5.74, 6) is 1.18. The largest absolute Gasteiger partial charge is 0.493 e. The molecule has 1 aliphatic heterocycles. The fourth-order valence-corrected chi connectivity index (χ4v) is 4.81. The van der Waals surface area contributed by atoms with Crippen LogP contribution < -0.4 is 4.90 Å². The highest BCUT2D eigenvalue weighted by Crippen LogP contribution is 2.37. The summed E-state index contributed by atoms with van der Waals surface area (Å²) in [5, 5.41) is 25.7. The third-order valence-electron chi connectivity index (χ3n) is 6.46. The Kier molecular flexibility index (Phi) is 11.0. The fraction of sp³-hybridized carbons (Fsp3) is 0.556. The molecule has 12 heteroatoms. The minimum absolute atomic E-state index is 0.0345. The van der Waals surface area contributed by atoms with E-state index < -0.39 is 11.9 Å². The average Bonchev–Trinajstić information content (AvgIpc) is 2.84. The molecule has 1 saturated heterocycles. The van der Waals surface area contributed by atoms with Crippen molar-refractivity contribution in [1.82, 2.24) is 24.8 Å². The molecule has 11 nitrogen and oxygen atoms in total. The van der Waals surface area contributed by atoms with Gasteiger partial charge in [0.25, 0.3) is 0 Å². The molecule has 39 heavy (non-hydrogen) atoms. The lowest BCUT2D eigenvalue weighted by atomic mass is 9.82. The summed E-state index contributed by atoms with van der Waals surface area (Å²) in [6.45, 7) is 11.8. The first-order valence-electron chi connectivity index (χ1n) is 13.2. The third kappa shape index (κ3) is 10.1. The first-order valence-corrected chi connectivity index (χ1v) is 14.2. The molecule has 0 amide bonds. The van der Waals surface area contributed by atoms with Gasteiger partial charge in [-0.1, -0.05) is 39.0 Å². The fourth-order valence-electron chi connectivity index (χ4n) is 4.06. The maximum Gasteiger partial charge on any atom is 0.328 e. The molecule has 4 rings (SSSR count). The number of thioether (sulfide) groups is 1. The van der Waals surface area contributed by atoms with Crippen molar-refractivity contribution in [1.29, 1.82) is 0 Å². The zero-order valence-corrected chi connectivity index (χ0v) is 23.6. The molecule has 0 aromatic carbocycles. The van der Waals surface area contributed by atoms with Crippen molar-refractivity contribution >= 4 is 29.5 Å². The Labute approximate surface area is 233 Å². The number of carboxylic acid groups (broad SMARTS) is 2. The van der Waals surface area contributed by atoms with Crippen LogP contribution in [0.15, 0.2) is 35.6 Å². The van der Waals surface area contributed by atoms with Crippen LogP contribution in [-0.2, 0) is 15.0 Å². The van der Waals surface area contributed by atoms with Crippen molar-refractivity contribution in [3.05, 3.63) is 42.0 Å². The number of piperazine rings is 1. The van der Waals surface area contributed by atoms with E-state index in [2.05, 4.69) is 46.6 Å². The number of aromatic nitrogens is 4. The number of aliphatic carboxylic acids is 2. The maximum atomic E-state index is 9.55. The van der Waals surface area contributed by atoms with Gasteiger partial charge in [0.05, 0.1) is 0 Å². The van der Waals surface area contributed by atoms with Crippen molar-refractivity contribution in [3.63, 3.8) is 0 Å². The minimum atomic E-state index is -1.26. The van der Waals surface area contributed by atoms with Gasteiger partial charge < -0.3 is 20.2 Å². The van der Waals surface area contributed by atoms with E-state index >= 15 is 0 Å². The van der Waals surface area contributed by atoms with Crippen LogP contribution in [0.3, 0.4) is 0 Å². The summed E-state index contributed by atoms with van der Waals surface area (Å²) >= 11 is 1.60. The monoisotopic (exact) mass is 558 g/mol. The second-order valence-electron chi connectivity index (χ2n) is 10.6. The normalized spacial score (nSPS) is 16.4. The van der Waals surface area contributed by atoms with Gasteiger partial charge >= 0.3 is 11.9 Å². The van der Waals surface area contributed by atoms with Crippen LogP contribution in [0.1, 0.15) is 63.9 Å². The van der Waals surface area contributed by atoms with Gasteiger partial charge in [-0.05, 0) is 25.8 Å². The predicted molar refractivity (Wildman–Crippen MR) is 149 cm³/mol. The van der Waals surface area contributed by atoms with Crippen LogP contribution in [0.4, 0.5) is 5.82 Å². The SMILES string of the molecule is CC(C)(C)c1nc(C2CCC2)cc(N2CCN(CCCSc3nccc(O)n3)CC2)n1.O=C(O)/C=C/C(=O)O. The van der Waals surface area contributed by atoms with Gasteiger partial charge in [-0.15, -0.1) is 0 Å². The standard InChI is InChI=1S/C23H34N6OS.C4H4O4/c1-23(2,3)21-25-18(17-6-4-7-17)16-19(26-21)29-13-11-28(12-14-29)10-5-15-31-22-24-9-8-20(30)27-22;5-3(6)1-2-4(7)8/h8-9,16-17H,4-7,10-15H2,1-3H3,(H,24,27,30);1-2H,(H,5,6)(H,7,8)/b;2-1+. The number of aromatic hydroxyl groups is 1. The highest BCUT2D eigenvalue weighted by molar-refractivity contribution is 7.99. The summed E-state index contributed by atoms with van der Waals surface area (Å²) in [6, 6.07) is 3.75. The molecular formula is C27H38N6O5S. The van der Waals surface area contributed by atoms with E-state index in [1.165, 1.54) is 31.0 Å². The van der Waals surface area contributed by atoms with Gasteiger partial charge in [-0.2, -0.15) is 4.98 Å². The first-order chi connectivity index (χ1) is 18.5. The molecule has 2 aromatic heterocycles. The molecule has 0 atom stereocenters. The molecule has 3 heterocycles. The summed E-state index contributed by atoms with van der Waals surface area (Å²) in [5.41, 5.74) is 1.21. The molecule has 2 fully saturated rings. The van der Waals surface area contributed by atoms with Gasteiger partial charge in [0.2, 0.25) is 5.88 Å². The molecule has 3 N–H and O–H groups in total. The van der Waals surface area contributed by atoms with Crippen molar-refractivity contribution < 1.29 is 24.9 Å². The maximum absolute atomic E-state index is 9.55. The number of carboxylic acids is 2. The number of hydrogen-bond donors (Lipinski definition) is 3. The van der Waals surface area contributed by atoms with E-state index in [1.54, 1.807) is 18.0 Å². The first kappa shape index (κ1) is 30.3. The number of nitrogens with zero attached hydrogens (tertiary/aromatic N) is 6. The molecule has 0 radical (unpaired) electrons. The van der Waals surface area contributed by atoms with Crippen molar-refractivity contribution in [3.8, 4) is 5.88 Å². The van der Waals surface area contributed by atoms with Crippen LogP contribution in [0.25, 0.3) is 0 Å². The van der Waals surface area contributed by atoms with Crippen LogP contribution in [-0.4, -0.2) is 90.6 Å². The van der Waals surface area contributed by atoms with Gasteiger partial charge in [-0.25, -0.2) is 24.5 Å². The quantitative estimate of drug-likeness (QED) is 0.178. The highest BCUT2D eigenvalue weighted by Gasteiger charge is 2.27. The van der Waals surface area contributed by atoms with Gasteiger partial charge in [0, 0.05) is 79.4 Å². The summed E-state index contributed by atoms with van der Waals surface area (Å²) in [4.78, 5) is 42.2. The lowest BCUT2D eigenvalue weighted by Crippen LogP contribution is -2.47. The molecular weight excluding hydrogens is 520 g/mol. The Morgan fingerprint density at radius 1 is 1.05 bits per heavy atom. The lowest BCUT2D eigenvalue weighted by molar-refractivity contribution is -0.134. The predicted octanol–water partition coefficient (Wildman–Crippen LogP) is 3.55. The zero-order chi connectivity index (χ0) is 28.4. The van der Waals surface area contributed by atoms with Crippen molar-refractivity contribution in [2.24, 2.45) is 0 Å². The molecule has 0 spiro atoms. The van der Waals surface area contributed by atoms with E-state index in [0.717, 1.165) is 56.5 Å². The molecule has 1 saturated carbocycles. The molecule has 1 aliphatic carbocycles. The second kappa shape index (κ2) is 14.2. The minimum Gasteiger partial charge on any atom is -0.493 e. The topological polar surface area (TPSA) is 153 Å². The van der Waals surface area contributed by atoms with Gasteiger partial charge in [0.15, 0.2) is 5.16 Å². The molecule has 2 aliphatic rings. The average molecular weight is 559 g/mol. The molecule has 0 unspecified atom stereocenters. The molecule has 0 bridgehead atoms. The molecule has 212 valence electrons. The van der Waals surface area contributed by atoms with E-state index in [4.69, 9.17) is 20.2 Å². The van der Waals surface area contributed by atoms with Crippen molar-refractivity contribution in [2.45, 2.75) is 62.9 Å². The highest BCUT2D eigenvalue weighted by atomic mass is 32.2. The summed E-state index contributed by atoms with van der Waals surface area (Å²) < 4.78 is 0. The number of hydrogen-bond acceptors (Lipinski definition) is 10. The number of anilines is 1. The Hall–Kier alpha value is -3.25. The van der Waals surface area contributed by atoms with E-state index in [1.807, 2.05) is 0 Å². The van der Waals surface area contributed by atoms with Crippen LogP contribution in [0, 0.1) is 0 Å². The summed E-state index contributed by atoms with van der Waals surface area (Å²) in [7, 11) is 0. The Bertz CT molecular complexity index is 1130. The second-order valence-corrected chi connectivity index (χ2v) is 11.7. The van der Waals surface area contributed by atoms with E-state index in [9.17, 15) is 14.7 Å². The smallest absolute Gasteiger partial charge is 0.328 e. The van der Waals surface area contributed by atoms with E-state index in [0.29, 0.717) is 23.2 Å². The van der Waals surface area contributed by atoms with Crippen LogP contribution in [0.5, 0.6) is 5.88 Å². The summed E-state index contributed by atoms with van der Waals surface area (Å²) in [6.07, 6.45) is 7.64. The van der Waals surface area contributed by atoms with E-state index in [-0.39, 0.29) is 11.3 Å².